The first-order valence-electron chi connectivity index (χ1n) is 3.40. The molecule has 0 aliphatic rings. The van der Waals surface area contributed by atoms with E-state index in [1.807, 2.05) is 0 Å². The summed E-state index contributed by atoms with van der Waals surface area (Å²) in [6.45, 7) is 3.38. The van der Waals surface area contributed by atoms with E-state index in [-0.39, 0.29) is 5.69 Å². The van der Waals surface area contributed by atoms with Gasteiger partial charge >= 0.3 is 0 Å². The van der Waals surface area contributed by atoms with Crippen LogP contribution in [0.2, 0.25) is 0 Å². The van der Waals surface area contributed by atoms with Crippen molar-refractivity contribution in [3.05, 3.63) is 27.7 Å². The van der Waals surface area contributed by atoms with Crippen molar-refractivity contribution < 1.29 is 4.39 Å². The SMILES string of the molecule is CCc1nc(C)[nH]c(=O)c1F. The highest BCUT2D eigenvalue weighted by Gasteiger charge is 2.06. The molecule has 1 aromatic heterocycles. The van der Waals surface area contributed by atoms with Gasteiger partial charge in [0, 0.05) is 0 Å². The number of aromatic amines is 1. The van der Waals surface area contributed by atoms with Crippen LogP contribution in [0.25, 0.3) is 0 Å². The van der Waals surface area contributed by atoms with E-state index in [1.54, 1.807) is 13.8 Å². The van der Waals surface area contributed by atoms with E-state index in [9.17, 15) is 9.18 Å². The van der Waals surface area contributed by atoms with Crippen LogP contribution in [0.4, 0.5) is 4.39 Å². The number of halogens is 1. The Hall–Kier alpha value is -1.19. The molecule has 1 heterocycles. The van der Waals surface area contributed by atoms with Crippen LogP contribution in [0.3, 0.4) is 0 Å². The molecule has 11 heavy (non-hydrogen) atoms. The van der Waals surface area contributed by atoms with Crippen molar-refractivity contribution in [3.8, 4) is 0 Å². The van der Waals surface area contributed by atoms with Gasteiger partial charge in [-0.2, -0.15) is 4.39 Å². The van der Waals surface area contributed by atoms with Gasteiger partial charge in [-0.1, -0.05) is 6.92 Å². The number of rotatable bonds is 1. The summed E-state index contributed by atoms with van der Waals surface area (Å²) in [7, 11) is 0. The summed E-state index contributed by atoms with van der Waals surface area (Å²) < 4.78 is 12.8. The molecule has 1 rings (SSSR count). The smallest absolute Gasteiger partial charge is 0.287 e. The molecule has 0 atom stereocenters. The van der Waals surface area contributed by atoms with Crippen molar-refractivity contribution in [2.45, 2.75) is 20.3 Å². The van der Waals surface area contributed by atoms with Crippen LogP contribution in [-0.2, 0) is 6.42 Å². The highest BCUT2D eigenvalue weighted by molar-refractivity contribution is 5.04. The fourth-order valence-corrected chi connectivity index (χ4v) is 0.864. The van der Waals surface area contributed by atoms with Gasteiger partial charge in [-0.3, -0.25) is 4.79 Å². The quantitative estimate of drug-likeness (QED) is 0.653. The molecule has 4 heteroatoms. The van der Waals surface area contributed by atoms with Crippen molar-refractivity contribution >= 4 is 0 Å². The molecule has 0 aliphatic carbocycles. The Morgan fingerprint density at radius 2 is 2.27 bits per heavy atom. The van der Waals surface area contributed by atoms with E-state index in [2.05, 4.69) is 9.97 Å². The maximum atomic E-state index is 12.8. The van der Waals surface area contributed by atoms with Gasteiger partial charge in [0.05, 0.1) is 5.69 Å². The van der Waals surface area contributed by atoms with Gasteiger partial charge in [0.2, 0.25) is 5.82 Å². The molecule has 0 saturated heterocycles. The number of H-pyrrole nitrogens is 1. The third-order valence-electron chi connectivity index (χ3n) is 1.38. The van der Waals surface area contributed by atoms with Crippen LogP contribution in [-0.4, -0.2) is 9.97 Å². The van der Waals surface area contributed by atoms with E-state index in [1.165, 1.54) is 0 Å². The van der Waals surface area contributed by atoms with Crippen molar-refractivity contribution in [1.82, 2.24) is 9.97 Å². The van der Waals surface area contributed by atoms with Gasteiger partial charge in [-0.25, -0.2) is 4.98 Å². The first-order chi connectivity index (χ1) is 5.15. The van der Waals surface area contributed by atoms with Gasteiger partial charge < -0.3 is 4.98 Å². The Morgan fingerprint density at radius 3 is 2.82 bits per heavy atom. The maximum absolute atomic E-state index is 12.8. The summed E-state index contributed by atoms with van der Waals surface area (Å²) in [6, 6.07) is 0. The van der Waals surface area contributed by atoms with Crippen molar-refractivity contribution in [2.24, 2.45) is 0 Å². The van der Waals surface area contributed by atoms with E-state index in [0.717, 1.165) is 0 Å². The molecule has 0 unspecified atom stereocenters. The first-order valence-corrected chi connectivity index (χ1v) is 3.40. The normalized spacial score (nSPS) is 10.1. The average molecular weight is 156 g/mol. The summed E-state index contributed by atoms with van der Waals surface area (Å²) in [6.07, 6.45) is 0.441. The predicted molar refractivity (Wildman–Crippen MR) is 38.9 cm³/mol. The van der Waals surface area contributed by atoms with E-state index < -0.39 is 11.4 Å². The third kappa shape index (κ3) is 1.45. The van der Waals surface area contributed by atoms with E-state index in [4.69, 9.17) is 0 Å². The van der Waals surface area contributed by atoms with Gasteiger partial charge in [-0.15, -0.1) is 0 Å². The van der Waals surface area contributed by atoms with Crippen molar-refractivity contribution in [1.29, 1.82) is 0 Å². The molecule has 0 fully saturated rings. The molecule has 0 spiro atoms. The number of nitrogens with zero attached hydrogens (tertiary/aromatic N) is 1. The Kier molecular flexibility index (Phi) is 2.03. The number of aryl methyl sites for hydroxylation is 2. The summed E-state index contributed by atoms with van der Waals surface area (Å²) in [5.74, 6) is -0.314. The van der Waals surface area contributed by atoms with Crippen LogP contribution >= 0.6 is 0 Å². The average Bonchev–Trinajstić information content (AvgIpc) is 1.96. The fourth-order valence-electron chi connectivity index (χ4n) is 0.864. The van der Waals surface area contributed by atoms with Crippen LogP contribution in [0.5, 0.6) is 0 Å². The Labute approximate surface area is 63.3 Å². The Balaban J connectivity index is 3.36. The molecule has 0 saturated carbocycles. The minimum absolute atomic E-state index is 0.228. The van der Waals surface area contributed by atoms with Gasteiger partial charge in [-0.05, 0) is 13.3 Å². The molecular weight excluding hydrogens is 147 g/mol. The molecule has 0 radical (unpaired) electrons. The second-order valence-electron chi connectivity index (χ2n) is 2.27. The molecule has 0 bridgehead atoms. The summed E-state index contributed by atoms with van der Waals surface area (Å²) in [5, 5.41) is 0. The van der Waals surface area contributed by atoms with Crippen LogP contribution in [0, 0.1) is 12.7 Å². The molecule has 1 N–H and O–H groups in total. The molecule has 3 nitrogen and oxygen atoms in total. The van der Waals surface area contributed by atoms with Gasteiger partial charge in [0.1, 0.15) is 5.82 Å². The Bertz CT molecular complexity index is 319. The molecular formula is C7H9FN2O. The predicted octanol–water partition coefficient (Wildman–Crippen LogP) is 0.780. The number of hydrogen-bond donors (Lipinski definition) is 1. The molecule has 60 valence electrons. The second kappa shape index (κ2) is 2.82. The zero-order valence-electron chi connectivity index (χ0n) is 6.44. The minimum atomic E-state index is -0.766. The maximum Gasteiger partial charge on any atom is 0.287 e. The van der Waals surface area contributed by atoms with Crippen LogP contribution in [0.1, 0.15) is 18.4 Å². The zero-order chi connectivity index (χ0) is 8.43. The lowest BCUT2D eigenvalue weighted by atomic mass is 10.3. The highest BCUT2D eigenvalue weighted by atomic mass is 19.1. The van der Waals surface area contributed by atoms with Crippen LogP contribution < -0.4 is 5.56 Å². The summed E-state index contributed by atoms with van der Waals surface area (Å²) in [5.41, 5.74) is -0.458. The second-order valence-corrected chi connectivity index (χ2v) is 2.27. The van der Waals surface area contributed by atoms with E-state index >= 15 is 0 Å². The standard InChI is InChI=1S/C7H9FN2O/c1-3-5-6(8)7(11)10-4(2)9-5/h3H2,1-2H3,(H,9,10,11). The number of nitrogens with one attached hydrogen (secondary N) is 1. The summed E-state index contributed by atoms with van der Waals surface area (Å²) in [4.78, 5) is 16.8. The van der Waals surface area contributed by atoms with Gasteiger partial charge in [0.25, 0.3) is 5.56 Å². The monoisotopic (exact) mass is 156 g/mol. The minimum Gasteiger partial charge on any atom is -0.308 e. The molecule has 0 aliphatic heterocycles. The van der Waals surface area contributed by atoms with Crippen molar-refractivity contribution in [2.75, 3.05) is 0 Å². The zero-order valence-corrected chi connectivity index (χ0v) is 6.44. The Morgan fingerprint density at radius 1 is 1.64 bits per heavy atom. The van der Waals surface area contributed by atoms with E-state index in [0.29, 0.717) is 12.2 Å². The van der Waals surface area contributed by atoms with Crippen LogP contribution in [0.15, 0.2) is 4.79 Å². The highest BCUT2D eigenvalue weighted by Crippen LogP contribution is 1.97. The molecule has 0 amide bonds. The third-order valence-corrected chi connectivity index (χ3v) is 1.38. The largest absolute Gasteiger partial charge is 0.308 e. The lowest BCUT2D eigenvalue weighted by molar-refractivity contribution is 0.577. The number of aromatic nitrogens is 2. The fraction of sp³-hybridized carbons (Fsp3) is 0.429. The lowest BCUT2D eigenvalue weighted by Crippen LogP contribution is -2.16. The summed E-state index contributed by atoms with van der Waals surface area (Å²) >= 11 is 0. The molecule has 0 aromatic carbocycles. The lowest BCUT2D eigenvalue weighted by Gasteiger charge is -1.97. The first kappa shape index (κ1) is 7.91. The van der Waals surface area contributed by atoms with Gasteiger partial charge in [0.15, 0.2) is 0 Å². The molecule has 1 aromatic rings. The topological polar surface area (TPSA) is 45.8 Å². The number of hydrogen-bond acceptors (Lipinski definition) is 2. The van der Waals surface area contributed by atoms with Crippen molar-refractivity contribution in [3.63, 3.8) is 0 Å².